The fourth-order valence-electron chi connectivity index (χ4n) is 3.12. The van der Waals surface area contributed by atoms with Crippen molar-refractivity contribution in [1.29, 1.82) is 0 Å². The Balaban J connectivity index is 1.79. The minimum Gasteiger partial charge on any atom is -0.455 e. The highest BCUT2D eigenvalue weighted by Crippen LogP contribution is 2.30. The molecule has 0 atom stereocenters. The summed E-state index contributed by atoms with van der Waals surface area (Å²) in [5.41, 5.74) is 1.90. The van der Waals surface area contributed by atoms with Crippen molar-refractivity contribution in [2.45, 2.75) is 26.2 Å². The average molecular weight is 453 g/mol. The second kappa shape index (κ2) is 9.44. The van der Waals surface area contributed by atoms with Gasteiger partial charge in [0, 0.05) is 0 Å². The Labute approximate surface area is 189 Å². The first-order valence-electron chi connectivity index (χ1n) is 10.2. The van der Waals surface area contributed by atoms with E-state index in [0.29, 0.717) is 22.9 Å². The van der Waals surface area contributed by atoms with E-state index in [-0.39, 0.29) is 12.0 Å². The lowest BCUT2D eigenvalue weighted by atomic mass is 9.87. The molecule has 32 heavy (non-hydrogen) atoms. The Hall–Kier alpha value is -3.32. The van der Waals surface area contributed by atoms with Crippen LogP contribution in [0.4, 0.5) is 11.4 Å². The van der Waals surface area contributed by atoms with Crippen LogP contribution in [-0.2, 0) is 20.2 Å². The fourth-order valence-corrected chi connectivity index (χ4v) is 3.98. The number of anilines is 2. The van der Waals surface area contributed by atoms with Gasteiger partial charge in [-0.1, -0.05) is 63.2 Å². The van der Waals surface area contributed by atoms with E-state index in [9.17, 15) is 13.2 Å². The first-order valence-corrected chi connectivity index (χ1v) is 12.1. The van der Waals surface area contributed by atoms with Crippen LogP contribution in [-0.4, -0.2) is 27.1 Å². The largest absolute Gasteiger partial charge is 0.455 e. The van der Waals surface area contributed by atoms with Crippen LogP contribution in [0.3, 0.4) is 0 Å². The number of carbonyl (C=O) groups is 1. The molecule has 1 N–H and O–H groups in total. The van der Waals surface area contributed by atoms with E-state index in [0.717, 1.165) is 16.1 Å². The molecule has 0 spiro atoms. The van der Waals surface area contributed by atoms with Crippen molar-refractivity contribution in [3.63, 3.8) is 0 Å². The maximum Gasteiger partial charge on any atom is 0.245 e. The van der Waals surface area contributed by atoms with Crippen molar-refractivity contribution in [3.8, 4) is 11.5 Å². The van der Waals surface area contributed by atoms with Crippen molar-refractivity contribution in [1.82, 2.24) is 0 Å². The van der Waals surface area contributed by atoms with E-state index >= 15 is 0 Å². The number of nitrogens with zero attached hydrogens (tertiary/aromatic N) is 1. The quantitative estimate of drug-likeness (QED) is 0.536. The molecule has 7 heteroatoms. The maximum absolute atomic E-state index is 12.8. The van der Waals surface area contributed by atoms with Gasteiger partial charge in [-0.25, -0.2) is 8.42 Å². The molecule has 3 aromatic rings. The van der Waals surface area contributed by atoms with Crippen molar-refractivity contribution >= 4 is 27.3 Å². The molecule has 0 fully saturated rings. The van der Waals surface area contributed by atoms with E-state index in [4.69, 9.17) is 4.74 Å². The molecule has 3 rings (SSSR count). The van der Waals surface area contributed by atoms with Crippen LogP contribution < -0.4 is 14.4 Å². The summed E-state index contributed by atoms with van der Waals surface area (Å²) in [4.78, 5) is 12.8. The molecule has 0 aromatic heterocycles. The Morgan fingerprint density at radius 2 is 1.50 bits per heavy atom. The zero-order valence-electron chi connectivity index (χ0n) is 18.7. The number of hydrogen-bond acceptors (Lipinski definition) is 4. The van der Waals surface area contributed by atoms with Crippen LogP contribution in [0.1, 0.15) is 26.3 Å². The number of sulfonamides is 1. The van der Waals surface area contributed by atoms with Crippen LogP contribution >= 0.6 is 0 Å². The smallest absolute Gasteiger partial charge is 0.245 e. The summed E-state index contributed by atoms with van der Waals surface area (Å²) >= 11 is 0. The van der Waals surface area contributed by atoms with Crippen molar-refractivity contribution in [3.05, 3.63) is 84.4 Å². The fraction of sp³-hybridized carbons (Fsp3) is 0.240. The summed E-state index contributed by atoms with van der Waals surface area (Å²) in [6, 6.07) is 23.4. The highest BCUT2D eigenvalue weighted by atomic mass is 32.2. The van der Waals surface area contributed by atoms with E-state index in [1.807, 2.05) is 42.5 Å². The maximum atomic E-state index is 12.8. The van der Waals surface area contributed by atoms with E-state index < -0.39 is 15.9 Å². The van der Waals surface area contributed by atoms with Gasteiger partial charge >= 0.3 is 0 Å². The number of para-hydroxylation sites is 3. The van der Waals surface area contributed by atoms with Gasteiger partial charge in [0.1, 0.15) is 12.3 Å². The molecule has 0 radical (unpaired) electrons. The molecule has 0 saturated carbocycles. The summed E-state index contributed by atoms with van der Waals surface area (Å²) in [6.45, 7) is 5.89. The molecule has 0 saturated heterocycles. The Bertz CT molecular complexity index is 1170. The number of amides is 1. The molecule has 1 amide bonds. The van der Waals surface area contributed by atoms with E-state index in [2.05, 4.69) is 26.1 Å². The summed E-state index contributed by atoms with van der Waals surface area (Å²) in [5.74, 6) is 0.623. The van der Waals surface area contributed by atoms with E-state index in [1.165, 1.54) is 0 Å². The Morgan fingerprint density at radius 3 is 2.09 bits per heavy atom. The third kappa shape index (κ3) is 6.11. The molecule has 0 aliphatic heterocycles. The topological polar surface area (TPSA) is 75.7 Å². The minimum absolute atomic E-state index is 0.0612. The van der Waals surface area contributed by atoms with Crippen molar-refractivity contribution in [2.24, 2.45) is 0 Å². The van der Waals surface area contributed by atoms with Gasteiger partial charge in [-0.3, -0.25) is 9.10 Å². The molecular weight excluding hydrogens is 424 g/mol. The number of ether oxygens (including phenoxy) is 1. The third-order valence-corrected chi connectivity index (χ3v) is 5.98. The monoisotopic (exact) mass is 452 g/mol. The molecule has 0 heterocycles. The first-order chi connectivity index (χ1) is 15.0. The third-order valence-electron chi connectivity index (χ3n) is 4.84. The molecular formula is C25H28N2O4S. The molecule has 0 bridgehead atoms. The molecule has 0 unspecified atom stereocenters. The predicted octanol–water partition coefficient (Wildman–Crippen LogP) is 5.18. The predicted molar refractivity (Wildman–Crippen MR) is 129 cm³/mol. The normalized spacial score (nSPS) is 11.6. The zero-order chi connectivity index (χ0) is 23.4. The lowest BCUT2D eigenvalue weighted by Gasteiger charge is -2.24. The SMILES string of the molecule is CC(C)(C)c1ccc(N(CC(=O)Nc2ccccc2Oc2ccccc2)S(C)(=O)=O)cc1. The van der Waals surface area contributed by atoms with Crippen molar-refractivity contribution < 1.29 is 17.9 Å². The summed E-state index contributed by atoms with van der Waals surface area (Å²) < 4.78 is 31.8. The molecule has 0 aliphatic rings. The van der Waals surface area contributed by atoms with Crippen molar-refractivity contribution in [2.75, 3.05) is 22.4 Å². The minimum atomic E-state index is -3.67. The summed E-state index contributed by atoms with van der Waals surface area (Å²) in [7, 11) is -3.67. The highest BCUT2D eigenvalue weighted by molar-refractivity contribution is 7.92. The van der Waals surface area contributed by atoms with E-state index in [1.54, 1.807) is 36.4 Å². The van der Waals surface area contributed by atoms with Gasteiger partial charge in [0.2, 0.25) is 15.9 Å². The van der Waals surface area contributed by atoms with Gasteiger partial charge in [0.15, 0.2) is 5.75 Å². The highest BCUT2D eigenvalue weighted by Gasteiger charge is 2.22. The summed E-state index contributed by atoms with van der Waals surface area (Å²) in [6.07, 6.45) is 1.09. The van der Waals surface area contributed by atoms with Crippen LogP contribution in [0.5, 0.6) is 11.5 Å². The van der Waals surface area contributed by atoms with Gasteiger partial charge in [0.05, 0.1) is 17.6 Å². The first kappa shape index (κ1) is 23.3. The van der Waals surface area contributed by atoms with Crippen LogP contribution in [0, 0.1) is 0 Å². The molecule has 6 nitrogen and oxygen atoms in total. The average Bonchev–Trinajstić information content (AvgIpc) is 2.73. The second-order valence-electron chi connectivity index (χ2n) is 8.53. The van der Waals surface area contributed by atoms with Crippen LogP contribution in [0.2, 0.25) is 0 Å². The standard InChI is InChI=1S/C25H28N2O4S/c1-25(2,3)19-14-16-20(17-15-19)27(32(4,29)30)18-24(28)26-22-12-8-9-13-23(22)31-21-10-6-5-7-11-21/h5-17H,18H2,1-4H3,(H,26,28). The van der Waals surface area contributed by atoms with Gasteiger partial charge < -0.3 is 10.1 Å². The number of carbonyl (C=O) groups excluding carboxylic acids is 1. The molecule has 168 valence electrons. The second-order valence-corrected chi connectivity index (χ2v) is 10.4. The van der Waals surface area contributed by atoms with Crippen LogP contribution in [0.15, 0.2) is 78.9 Å². The lowest BCUT2D eigenvalue weighted by Crippen LogP contribution is -2.37. The van der Waals surface area contributed by atoms with Gasteiger partial charge in [-0.05, 0) is 47.4 Å². The Kier molecular flexibility index (Phi) is 6.89. The summed E-state index contributed by atoms with van der Waals surface area (Å²) in [5, 5.41) is 2.77. The number of benzene rings is 3. The van der Waals surface area contributed by atoms with Gasteiger partial charge in [0.25, 0.3) is 0 Å². The van der Waals surface area contributed by atoms with Crippen LogP contribution in [0.25, 0.3) is 0 Å². The zero-order valence-corrected chi connectivity index (χ0v) is 19.5. The van der Waals surface area contributed by atoms with Gasteiger partial charge in [-0.15, -0.1) is 0 Å². The number of hydrogen-bond donors (Lipinski definition) is 1. The number of rotatable bonds is 7. The lowest BCUT2D eigenvalue weighted by molar-refractivity contribution is -0.114. The molecule has 3 aromatic carbocycles. The number of nitrogens with one attached hydrogen (secondary N) is 1. The Morgan fingerprint density at radius 1 is 0.906 bits per heavy atom. The molecule has 0 aliphatic carbocycles. The van der Waals surface area contributed by atoms with Gasteiger partial charge in [-0.2, -0.15) is 0 Å².